The predicted molar refractivity (Wildman–Crippen MR) is 100.0 cm³/mol. The second-order valence-electron chi connectivity index (χ2n) is 6.32. The highest BCUT2D eigenvalue weighted by Crippen LogP contribution is 2.38. The molecular formula is C18H27ClN4O. The van der Waals surface area contributed by atoms with E-state index in [4.69, 9.17) is 27.8 Å². The molecule has 5 nitrogen and oxygen atoms in total. The minimum absolute atomic E-state index is 0.147. The second-order valence-corrected chi connectivity index (χ2v) is 6.58. The fourth-order valence-electron chi connectivity index (χ4n) is 3.33. The van der Waals surface area contributed by atoms with Gasteiger partial charge in [0.15, 0.2) is 0 Å². The van der Waals surface area contributed by atoms with Gasteiger partial charge in [-0.1, -0.05) is 31.9 Å². The van der Waals surface area contributed by atoms with Crippen molar-refractivity contribution in [1.82, 2.24) is 9.97 Å². The number of rotatable bonds is 7. The van der Waals surface area contributed by atoms with E-state index < -0.39 is 0 Å². The fraction of sp³-hybridized carbons (Fsp3) is 0.556. The molecule has 0 saturated carbocycles. The zero-order chi connectivity index (χ0) is 17.7. The zero-order valence-corrected chi connectivity index (χ0v) is 15.4. The summed E-state index contributed by atoms with van der Waals surface area (Å²) in [7, 11) is 1.76. The number of hydrogen-bond acceptors (Lipinski definition) is 5. The minimum Gasteiger partial charge on any atom is -0.383 e. The number of hydrogen-bond donors (Lipinski definition) is 2. The highest BCUT2D eigenvalue weighted by Gasteiger charge is 2.38. The molecule has 0 spiro atoms. The summed E-state index contributed by atoms with van der Waals surface area (Å²) < 4.78 is 6.01. The molecule has 132 valence electrons. The Balaban J connectivity index is 2.36. The van der Waals surface area contributed by atoms with Crippen molar-refractivity contribution in [2.75, 3.05) is 24.5 Å². The number of allylic oxidation sites excluding steroid dienone is 2. The largest absolute Gasteiger partial charge is 0.383 e. The van der Waals surface area contributed by atoms with E-state index in [-0.39, 0.29) is 17.5 Å². The van der Waals surface area contributed by atoms with Crippen molar-refractivity contribution in [3.63, 3.8) is 0 Å². The van der Waals surface area contributed by atoms with Gasteiger partial charge in [-0.15, -0.1) is 11.6 Å². The number of unbranched alkanes of at least 4 members (excludes halogenated alkanes) is 1. The summed E-state index contributed by atoms with van der Waals surface area (Å²) in [5.74, 6) is 1.28. The zero-order valence-electron chi connectivity index (χ0n) is 14.7. The van der Waals surface area contributed by atoms with E-state index >= 15 is 0 Å². The monoisotopic (exact) mass is 350 g/mol. The van der Waals surface area contributed by atoms with Gasteiger partial charge in [0.25, 0.3) is 0 Å². The molecule has 2 unspecified atom stereocenters. The summed E-state index contributed by atoms with van der Waals surface area (Å²) in [6.45, 7) is 4.09. The molecule has 24 heavy (non-hydrogen) atoms. The fourth-order valence-corrected chi connectivity index (χ4v) is 3.50. The van der Waals surface area contributed by atoms with Gasteiger partial charge < -0.3 is 16.2 Å². The van der Waals surface area contributed by atoms with Gasteiger partial charge in [-0.05, 0) is 31.4 Å². The molecule has 4 N–H and O–H groups in total. The number of ether oxygens (including phenoxy) is 1. The van der Waals surface area contributed by atoms with Gasteiger partial charge in [0.1, 0.15) is 5.82 Å². The Bertz CT molecular complexity index is 621. The number of halogens is 1. The molecule has 0 bridgehead atoms. The third kappa shape index (κ3) is 3.90. The lowest BCUT2D eigenvalue weighted by atomic mass is 9.75. The van der Waals surface area contributed by atoms with E-state index in [0.29, 0.717) is 18.1 Å². The molecule has 2 rings (SSSR count). The molecule has 1 aromatic heterocycles. The van der Waals surface area contributed by atoms with Gasteiger partial charge in [0, 0.05) is 30.2 Å². The molecular weight excluding hydrogens is 324 g/mol. The molecule has 1 aliphatic rings. The van der Waals surface area contributed by atoms with Crippen LogP contribution in [0.15, 0.2) is 23.8 Å². The molecule has 2 atom stereocenters. The lowest BCUT2D eigenvalue weighted by molar-refractivity contribution is -0.0126. The first-order chi connectivity index (χ1) is 11.5. The quantitative estimate of drug-likeness (QED) is 0.736. The number of nitrogen functional groups attached to an aromatic ring is 2. The molecule has 1 aromatic rings. The molecule has 1 heterocycles. The standard InChI is InChI=1S/C18H27ClN4O/c1-4-5-8-18(24-3)10-13(11-19)6-7-14(18)9-15-12(2)22-17(21)23-16(15)20/h6-7,10,14H,4-5,8-9,11H2,1-3H3,(H4,20,21,22,23). The Kier molecular flexibility index (Phi) is 6.24. The second kappa shape index (κ2) is 7.99. The number of nitrogens with two attached hydrogens (primary N) is 2. The first-order valence-electron chi connectivity index (χ1n) is 8.35. The Morgan fingerprint density at radius 1 is 1.33 bits per heavy atom. The molecule has 1 aliphatic carbocycles. The summed E-state index contributed by atoms with van der Waals surface area (Å²) >= 11 is 6.05. The number of aryl methyl sites for hydroxylation is 1. The maximum atomic E-state index is 6.09. The Labute approximate surface area is 149 Å². The number of aromatic nitrogens is 2. The van der Waals surface area contributed by atoms with Crippen molar-refractivity contribution < 1.29 is 4.74 Å². The summed E-state index contributed by atoms with van der Waals surface area (Å²) in [5.41, 5.74) is 14.2. The predicted octanol–water partition coefficient (Wildman–Crippen LogP) is 3.42. The summed E-state index contributed by atoms with van der Waals surface area (Å²) in [6.07, 6.45) is 10.2. The highest BCUT2D eigenvalue weighted by atomic mass is 35.5. The average Bonchev–Trinajstić information content (AvgIpc) is 2.56. The number of nitrogens with zero attached hydrogens (tertiary/aromatic N) is 2. The van der Waals surface area contributed by atoms with Gasteiger partial charge >= 0.3 is 0 Å². The van der Waals surface area contributed by atoms with Crippen LogP contribution in [0.3, 0.4) is 0 Å². The van der Waals surface area contributed by atoms with Crippen LogP contribution in [0.25, 0.3) is 0 Å². The maximum Gasteiger partial charge on any atom is 0.222 e. The van der Waals surface area contributed by atoms with Crippen LogP contribution in [0.1, 0.15) is 37.4 Å². The van der Waals surface area contributed by atoms with Gasteiger partial charge in [-0.25, -0.2) is 4.98 Å². The molecule has 0 fully saturated rings. The van der Waals surface area contributed by atoms with Crippen LogP contribution in [-0.4, -0.2) is 28.6 Å². The third-order valence-electron chi connectivity index (χ3n) is 4.74. The van der Waals surface area contributed by atoms with Gasteiger partial charge in [0.05, 0.1) is 5.60 Å². The van der Waals surface area contributed by atoms with Crippen LogP contribution in [0, 0.1) is 12.8 Å². The maximum absolute atomic E-state index is 6.09. The van der Waals surface area contributed by atoms with E-state index in [9.17, 15) is 0 Å². The molecule has 6 heteroatoms. The molecule has 0 aliphatic heterocycles. The van der Waals surface area contributed by atoms with Crippen LogP contribution in [-0.2, 0) is 11.2 Å². The van der Waals surface area contributed by atoms with E-state index in [0.717, 1.165) is 36.1 Å². The first kappa shape index (κ1) is 18.7. The van der Waals surface area contributed by atoms with Gasteiger partial charge in [-0.3, -0.25) is 0 Å². The van der Waals surface area contributed by atoms with Crippen LogP contribution in [0.4, 0.5) is 11.8 Å². The lowest BCUT2D eigenvalue weighted by Gasteiger charge is -2.39. The summed E-state index contributed by atoms with van der Waals surface area (Å²) in [6, 6.07) is 0. The van der Waals surface area contributed by atoms with Crippen LogP contribution in [0.2, 0.25) is 0 Å². The van der Waals surface area contributed by atoms with Crippen LogP contribution in [0.5, 0.6) is 0 Å². The van der Waals surface area contributed by atoms with Crippen molar-refractivity contribution in [1.29, 1.82) is 0 Å². The van der Waals surface area contributed by atoms with Crippen LogP contribution < -0.4 is 11.5 Å². The summed E-state index contributed by atoms with van der Waals surface area (Å²) in [4.78, 5) is 8.36. The third-order valence-corrected chi connectivity index (χ3v) is 5.05. The number of anilines is 2. The topological polar surface area (TPSA) is 87.0 Å². The normalized spacial score (nSPS) is 23.3. The van der Waals surface area contributed by atoms with E-state index in [1.165, 1.54) is 0 Å². The minimum atomic E-state index is -0.380. The number of methoxy groups -OCH3 is 1. The Morgan fingerprint density at radius 2 is 2.08 bits per heavy atom. The Morgan fingerprint density at radius 3 is 2.67 bits per heavy atom. The molecule has 0 radical (unpaired) electrons. The van der Waals surface area contributed by atoms with E-state index in [1.807, 2.05) is 6.92 Å². The number of alkyl halides is 1. The molecule has 0 aromatic carbocycles. The van der Waals surface area contributed by atoms with Crippen molar-refractivity contribution in [3.8, 4) is 0 Å². The molecule has 0 saturated heterocycles. The van der Waals surface area contributed by atoms with E-state index in [2.05, 4.69) is 35.1 Å². The average molecular weight is 351 g/mol. The van der Waals surface area contributed by atoms with Gasteiger partial charge in [0.2, 0.25) is 5.95 Å². The first-order valence-corrected chi connectivity index (χ1v) is 8.88. The lowest BCUT2D eigenvalue weighted by Crippen LogP contribution is -2.40. The Hall–Kier alpha value is -1.59. The van der Waals surface area contributed by atoms with E-state index in [1.54, 1.807) is 7.11 Å². The molecule has 0 amide bonds. The van der Waals surface area contributed by atoms with Crippen molar-refractivity contribution in [3.05, 3.63) is 35.1 Å². The SMILES string of the molecule is CCCCC1(OC)C=C(CCl)C=CC1Cc1c(C)nc(N)nc1N. The van der Waals surface area contributed by atoms with Crippen molar-refractivity contribution in [2.45, 2.75) is 45.1 Å². The summed E-state index contributed by atoms with van der Waals surface area (Å²) in [5, 5.41) is 0. The highest BCUT2D eigenvalue weighted by molar-refractivity contribution is 6.19. The smallest absolute Gasteiger partial charge is 0.222 e. The van der Waals surface area contributed by atoms with Crippen molar-refractivity contribution >= 4 is 23.4 Å². The van der Waals surface area contributed by atoms with Crippen LogP contribution >= 0.6 is 11.6 Å². The van der Waals surface area contributed by atoms with Crippen molar-refractivity contribution in [2.24, 2.45) is 5.92 Å². The van der Waals surface area contributed by atoms with Gasteiger partial charge in [-0.2, -0.15) is 4.98 Å².